The number of cyclic esters (lactones) is 1. The SMILES string of the molecule is O=C1OCCN1C(=O)[C@H]1CON(Cc2ccccc2)[C@@H]1c1ccccc1. The average Bonchev–Trinajstić information content (AvgIpc) is 3.29. The monoisotopic (exact) mass is 352 g/mol. The molecule has 26 heavy (non-hydrogen) atoms. The van der Waals surface area contributed by atoms with Crippen molar-refractivity contribution in [1.82, 2.24) is 9.96 Å². The lowest BCUT2D eigenvalue weighted by atomic mass is 9.92. The summed E-state index contributed by atoms with van der Waals surface area (Å²) in [5.41, 5.74) is 2.09. The van der Waals surface area contributed by atoms with Crippen molar-refractivity contribution in [3.05, 3.63) is 71.8 Å². The van der Waals surface area contributed by atoms with Crippen LogP contribution in [-0.4, -0.2) is 41.7 Å². The van der Waals surface area contributed by atoms with Gasteiger partial charge in [-0.2, -0.15) is 5.06 Å². The number of hydrogen-bond acceptors (Lipinski definition) is 5. The number of imide groups is 1. The summed E-state index contributed by atoms with van der Waals surface area (Å²) in [5, 5.41) is 1.84. The number of hydrogen-bond donors (Lipinski definition) is 0. The molecular weight excluding hydrogens is 332 g/mol. The van der Waals surface area contributed by atoms with Crippen LogP contribution < -0.4 is 0 Å². The molecule has 2 aliphatic heterocycles. The number of ether oxygens (including phenoxy) is 1. The van der Waals surface area contributed by atoms with Crippen LogP contribution in [0.4, 0.5) is 4.79 Å². The summed E-state index contributed by atoms with van der Waals surface area (Å²) in [7, 11) is 0. The zero-order valence-corrected chi connectivity index (χ0v) is 14.3. The fourth-order valence-corrected chi connectivity index (χ4v) is 3.50. The highest BCUT2D eigenvalue weighted by molar-refractivity contribution is 5.94. The number of nitrogens with zero attached hydrogens (tertiary/aromatic N) is 2. The van der Waals surface area contributed by atoms with Crippen LogP contribution in [0.5, 0.6) is 0 Å². The Hall–Kier alpha value is -2.70. The summed E-state index contributed by atoms with van der Waals surface area (Å²) in [6, 6.07) is 19.5. The molecule has 2 amide bonds. The molecule has 6 heteroatoms. The molecule has 0 unspecified atom stereocenters. The third-order valence-corrected chi connectivity index (χ3v) is 4.78. The van der Waals surface area contributed by atoms with Crippen molar-refractivity contribution in [2.45, 2.75) is 12.6 Å². The summed E-state index contributed by atoms with van der Waals surface area (Å²) >= 11 is 0. The van der Waals surface area contributed by atoms with Crippen LogP contribution in [0.2, 0.25) is 0 Å². The molecule has 2 aliphatic rings. The summed E-state index contributed by atoms with van der Waals surface area (Å²) < 4.78 is 4.92. The Morgan fingerprint density at radius 3 is 2.38 bits per heavy atom. The lowest BCUT2D eigenvalue weighted by Gasteiger charge is -2.26. The van der Waals surface area contributed by atoms with Gasteiger partial charge in [-0.25, -0.2) is 9.69 Å². The van der Waals surface area contributed by atoms with E-state index in [-0.39, 0.29) is 25.2 Å². The first kappa shape index (κ1) is 16.8. The van der Waals surface area contributed by atoms with E-state index >= 15 is 0 Å². The maximum Gasteiger partial charge on any atom is 0.416 e. The number of benzene rings is 2. The Kier molecular flexibility index (Phi) is 4.69. The summed E-state index contributed by atoms with van der Waals surface area (Å²) in [6.45, 7) is 1.36. The van der Waals surface area contributed by atoms with Crippen molar-refractivity contribution < 1.29 is 19.2 Å². The van der Waals surface area contributed by atoms with Crippen molar-refractivity contribution in [2.75, 3.05) is 19.8 Å². The molecular formula is C20H20N2O4. The number of carbonyl (C=O) groups is 2. The minimum absolute atomic E-state index is 0.239. The Labute approximate surface area is 151 Å². The highest BCUT2D eigenvalue weighted by Crippen LogP contribution is 2.37. The molecule has 2 aromatic rings. The van der Waals surface area contributed by atoms with E-state index < -0.39 is 12.0 Å². The van der Waals surface area contributed by atoms with E-state index in [2.05, 4.69) is 0 Å². The minimum Gasteiger partial charge on any atom is -0.447 e. The third kappa shape index (κ3) is 3.21. The van der Waals surface area contributed by atoms with Gasteiger partial charge < -0.3 is 4.74 Å². The normalized spacial score (nSPS) is 23.2. The largest absolute Gasteiger partial charge is 0.447 e. The molecule has 2 fully saturated rings. The van der Waals surface area contributed by atoms with Crippen molar-refractivity contribution in [2.24, 2.45) is 5.92 Å². The average molecular weight is 352 g/mol. The van der Waals surface area contributed by atoms with Gasteiger partial charge in [0, 0.05) is 6.54 Å². The molecule has 6 nitrogen and oxygen atoms in total. The van der Waals surface area contributed by atoms with Gasteiger partial charge in [0.15, 0.2) is 0 Å². The standard InChI is InChI=1S/C20H20N2O4/c23-19(21-11-12-25-20(21)24)17-14-26-22(13-15-7-3-1-4-8-15)18(17)16-9-5-2-6-10-16/h1-10,17-18H,11-14H2/t17-,18+/m0/s1. The van der Waals surface area contributed by atoms with Gasteiger partial charge in [0.25, 0.3) is 0 Å². The first-order valence-corrected chi connectivity index (χ1v) is 8.70. The molecule has 0 radical (unpaired) electrons. The zero-order chi connectivity index (χ0) is 17.9. The molecule has 0 aromatic heterocycles. The van der Waals surface area contributed by atoms with Gasteiger partial charge in [0.2, 0.25) is 5.91 Å². The predicted molar refractivity (Wildman–Crippen MR) is 93.7 cm³/mol. The van der Waals surface area contributed by atoms with E-state index in [1.165, 1.54) is 4.90 Å². The van der Waals surface area contributed by atoms with E-state index in [0.29, 0.717) is 13.1 Å². The van der Waals surface area contributed by atoms with Crippen molar-refractivity contribution in [1.29, 1.82) is 0 Å². The Morgan fingerprint density at radius 1 is 1.04 bits per heavy atom. The van der Waals surface area contributed by atoms with E-state index in [1.807, 2.05) is 65.7 Å². The number of carbonyl (C=O) groups excluding carboxylic acids is 2. The van der Waals surface area contributed by atoms with Crippen LogP contribution >= 0.6 is 0 Å². The Balaban J connectivity index is 1.61. The molecule has 4 rings (SSSR count). The lowest BCUT2D eigenvalue weighted by molar-refractivity contribution is -0.141. The number of hydroxylamine groups is 2. The second-order valence-corrected chi connectivity index (χ2v) is 6.42. The van der Waals surface area contributed by atoms with E-state index in [9.17, 15) is 9.59 Å². The van der Waals surface area contributed by atoms with Crippen LogP contribution in [0.1, 0.15) is 17.2 Å². The number of rotatable bonds is 4. The number of amides is 2. The molecule has 134 valence electrons. The van der Waals surface area contributed by atoms with Gasteiger partial charge in [0.05, 0.1) is 25.1 Å². The van der Waals surface area contributed by atoms with E-state index in [0.717, 1.165) is 11.1 Å². The molecule has 0 spiro atoms. The molecule has 0 aliphatic carbocycles. The summed E-state index contributed by atoms with van der Waals surface area (Å²) in [5.74, 6) is -0.691. The summed E-state index contributed by atoms with van der Waals surface area (Å²) in [6.07, 6.45) is -0.566. The van der Waals surface area contributed by atoms with Gasteiger partial charge in [-0.3, -0.25) is 9.63 Å². The molecule has 2 aromatic carbocycles. The molecule has 2 atom stereocenters. The second kappa shape index (κ2) is 7.27. The first-order chi connectivity index (χ1) is 12.7. The van der Waals surface area contributed by atoms with E-state index in [4.69, 9.17) is 9.57 Å². The van der Waals surface area contributed by atoms with Crippen LogP contribution in [0.3, 0.4) is 0 Å². The maximum atomic E-state index is 13.0. The van der Waals surface area contributed by atoms with Crippen LogP contribution in [0.25, 0.3) is 0 Å². The van der Waals surface area contributed by atoms with Crippen molar-refractivity contribution in [3.8, 4) is 0 Å². The third-order valence-electron chi connectivity index (χ3n) is 4.78. The quantitative estimate of drug-likeness (QED) is 0.847. The fourth-order valence-electron chi connectivity index (χ4n) is 3.50. The first-order valence-electron chi connectivity index (χ1n) is 8.70. The lowest BCUT2D eigenvalue weighted by Crippen LogP contribution is -2.40. The van der Waals surface area contributed by atoms with Gasteiger partial charge in [0.1, 0.15) is 6.61 Å². The molecule has 0 saturated carbocycles. The fraction of sp³-hybridized carbons (Fsp3) is 0.300. The molecule has 0 N–H and O–H groups in total. The van der Waals surface area contributed by atoms with Crippen LogP contribution in [0.15, 0.2) is 60.7 Å². The van der Waals surface area contributed by atoms with Gasteiger partial charge >= 0.3 is 6.09 Å². The van der Waals surface area contributed by atoms with Crippen molar-refractivity contribution >= 4 is 12.0 Å². The van der Waals surface area contributed by atoms with Crippen LogP contribution in [-0.2, 0) is 20.9 Å². The highest BCUT2D eigenvalue weighted by Gasteiger charge is 2.45. The predicted octanol–water partition coefficient (Wildman–Crippen LogP) is 2.77. The van der Waals surface area contributed by atoms with Crippen molar-refractivity contribution in [3.63, 3.8) is 0 Å². The molecule has 0 bridgehead atoms. The van der Waals surface area contributed by atoms with Crippen LogP contribution in [0, 0.1) is 5.92 Å². The molecule has 2 saturated heterocycles. The smallest absolute Gasteiger partial charge is 0.416 e. The van der Waals surface area contributed by atoms with Gasteiger partial charge in [-0.1, -0.05) is 60.7 Å². The Morgan fingerprint density at radius 2 is 1.73 bits per heavy atom. The molecule has 2 heterocycles. The van der Waals surface area contributed by atoms with Gasteiger partial charge in [-0.05, 0) is 11.1 Å². The zero-order valence-electron chi connectivity index (χ0n) is 14.3. The highest BCUT2D eigenvalue weighted by atomic mass is 16.7. The maximum absolute atomic E-state index is 13.0. The summed E-state index contributed by atoms with van der Waals surface area (Å²) in [4.78, 5) is 31.9. The topological polar surface area (TPSA) is 59.1 Å². The second-order valence-electron chi connectivity index (χ2n) is 6.42. The van der Waals surface area contributed by atoms with Gasteiger partial charge in [-0.15, -0.1) is 0 Å². The van der Waals surface area contributed by atoms with E-state index in [1.54, 1.807) is 0 Å². The minimum atomic E-state index is -0.566. The Bertz CT molecular complexity index is 781.